The van der Waals surface area contributed by atoms with Crippen molar-refractivity contribution in [1.29, 1.82) is 0 Å². The van der Waals surface area contributed by atoms with Crippen molar-refractivity contribution in [2.24, 2.45) is 0 Å². The largest absolute Gasteiger partial charge is 0.493 e. The van der Waals surface area contributed by atoms with E-state index < -0.39 is 9.84 Å². The minimum Gasteiger partial charge on any atom is -0.493 e. The Morgan fingerprint density at radius 1 is 1.21 bits per heavy atom. The van der Waals surface area contributed by atoms with E-state index in [1.807, 2.05) is 20.8 Å². The van der Waals surface area contributed by atoms with Crippen molar-refractivity contribution in [1.82, 2.24) is 0 Å². The maximum Gasteiger partial charge on any atom is 0.161 e. The summed E-state index contributed by atoms with van der Waals surface area (Å²) in [6, 6.07) is 4.11. The first kappa shape index (κ1) is 15.6. The fourth-order valence-electron chi connectivity index (χ4n) is 2.05. The van der Waals surface area contributed by atoms with E-state index >= 15 is 0 Å². The van der Waals surface area contributed by atoms with Gasteiger partial charge in [0.15, 0.2) is 9.84 Å². The van der Waals surface area contributed by atoms with E-state index in [4.69, 9.17) is 11.2 Å². The minimum atomic E-state index is -3.13. The van der Waals surface area contributed by atoms with Crippen molar-refractivity contribution in [3.63, 3.8) is 0 Å². The molecule has 0 N–H and O–H groups in total. The molecule has 0 spiro atoms. The predicted molar refractivity (Wildman–Crippen MR) is 78.3 cm³/mol. The van der Waals surface area contributed by atoms with Gasteiger partial charge in [0.25, 0.3) is 0 Å². The molecule has 1 aromatic rings. The Morgan fingerprint density at radius 2 is 1.79 bits per heavy atom. The molecule has 0 saturated carbocycles. The van der Waals surface area contributed by atoms with Crippen LogP contribution in [0.5, 0.6) is 5.75 Å². The Kier molecular flexibility index (Phi) is 5.44. The molecule has 0 aromatic heterocycles. The highest BCUT2D eigenvalue weighted by Crippen LogP contribution is 2.24. The van der Waals surface area contributed by atoms with E-state index in [1.54, 1.807) is 0 Å². The number of hydrogen-bond acceptors (Lipinski definition) is 3. The normalized spacial score (nSPS) is 11.1. The van der Waals surface area contributed by atoms with Crippen LogP contribution in [0.15, 0.2) is 12.1 Å². The Hall–Kier alpha value is -1.47. The van der Waals surface area contributed by atoms with E-state index in [9.17, 15) is 8.42 Å². The number of sulfone groups is 1. The molecule has 0 unspecified atom stereocenters. The van der Waals surface area contributed by atoms with Gasteiger partial charge in [0.1, 0.15) is 11.5 Å². The van der Waals surface area contributed by atoms with Gasteiger partial charge in [-0.25, -0.2) is 8.42 Å². The SMILES string of the molecule is C#CCS(=O)(=O)CCCOc1c(C)cc(C)cc1C. The van der Waals surface area contributed by atoms with Crippen LogP contribution >= 0.6 is 0 Å². The zero-order valence-electron chi connectivity index (χ0n) is 11.7. The van der Waals surface area contributed by atoms with E-state index in [0.29, 0.717) is 13.0 Å². The molecule has 19 heavy (non-hydrogen) atoms. The van der Waals surface area contributed by atoms with Gasteiger partial charge >= 0.3 is 0 Å². The molecule has 104 valence electrons. The molecule has 0 atom stereocenters. The number of hydrogen-bond donors (Lipinski definition) is 0. The first-order chi connectivity index (χ1) is 8.85. The van der Waals surface area contributed by atoms with Gasteiger partial charge in [-0.15, -0.1) is 6.42 Å². The molecule has 1 aromatic carbocycles. The van der Waals surface area contributed by atoms with Crippen molar-refractivity contribution in [3.8, 4) is 18.1 Å². The summed E-state index contributed by atoms with van der Waals surface area (Å²) < 4.78 is 28.5. The Bertz CT molecular complexity index is 557. The highest BCUT2D eigenvalue weighted by molar-refractivity contribution is 7.91. The number of ether oxygens (including phenoxy) is 1. The molecule has 0 bridgehead atoms. The molecule has 0 saturated heterocycles. The smallest absolute Gasteiger partial charge is 0.161 e. The van der Waals surface area contributed by atoms with Crippen LogP contribution in [0.1, 0.15) is 23.1 Å². The van der Waals surface area contributed by atoms with Crippen LogP contribution in [-0.2, 0) is 9.84 Å². The highest BCUT2D eigenvalue weighted by atomic mass is 32.2. The van der Waals surface area contributed by atoms with Gasteiger partial charge in [-0.2, -0.15) is 0 Å². The van der Waals surface area contributed by atoms with Crippen LogP contribution in [-0.4, -0.2) is 26.5 Å². The van der Waals surface area contributed by atoms with Crippen molar-refractivity contribution < 1.29 is 13.2 Å². The summed E-state index contributed by atoms with van der Waals surface area (Å²) in [6.07, 6.45) is 5.46. The molecule has 0 aliphatic heterocycles. The van der Waals surface area contributed by atoms with Gasteiger partial charge in [0.05, 0.1) is 12.4 Å². The third kappa shape index (κ3) is 4.96. The monoisotopic (exact) mass is 280 g/mol. The third-order valence-electron chi connectivity index (χ3n) is 2.75. The predicted octanol–water partition coefficient (Wildman–Crippen LogP) is 2.43. The molecule has 1 rings (SSSR count). The van der Waals surface area contributed by atoms with Gasteiger partial charge in [0, 0.05) is 0 Å². The van der Waals surface area contributed by atoms with Crippen LogP contribution < -0.4 is 4.74 Å². The summed E-state index contributed by atoms with van der Waals surface area (Å²) in [5.41, 5.74) is 3.34. The molecule has 4 heteroatoms. The summed E-state index contributed by atoms with van der Waals surface area (Å²) in [4.78, 5) is 0. The van der Waals surface area contributed by atoms with Gasteiger partial charge in [-0.05, 0) is 38.3 Å². The van der Waals surface area contributed by atoms with E-state index in [0.717, 1.165) is 16.9 Å². The molecule has 3 nitrogen and oxygen atoms in total. The second kappa shape index (κ2) is 6.63. The van der Waals surface area contributed by atoms with E-state index in [-0.39, 0.29) is 11.5 Å². The van der Waals surface area contributed by atoms with Crippen LogP contribution in [0, 0.1) is 33.1 Å². The molecular weight excluding hydrogens is 260 g/mol. The molecule has 0 radical (unpaired) electrons. The fraction of sp³-hybridized carbons (Fsp3) is 0.467. The van der Waals surface area contributed by atoms with E-state index in [1.165, 1.54) is 5.56 Å². The van der Waals surface area contributed by atoms with E-state index in [2.05, 4.69) is 18.1 Å². The minimum absolute atomic E-state index is 0.0706. The molecule has 0 amide bonds. The second-order valence-corrected chi connectivity index (χ2v) is 6.91. The van der Waals surface area contributed by atoms with Crippen molar-refractivity contribution >= 4 is 9.84 Å². The summed E-state index contributed by atoms with van der Waals surface area (Å²) in [5.74, 6) is 2.88. The number of aryl methyl sites for hydroxylation is 3. The number of terminal acetylenes is 1. The Balaban J connectivity index is 2.54. The fourth-order valence-corrected chi connectivity index (χ4v) is 3.00. The summed E-state index contributed by atoms with van der Waals surface area (Å²) >= 11 is 0. The van der Waals surface area contributed by atoms with Gasteiger partial charge in [0.2, 0.25) is 0 Å². The van der Waals surface area contributed by atoms with Gasteiger partial charge in [-0.1, -0.05) is 23.6 Å². The zero-order valence-corrected chi connectivity index (χ0v) is 12.5. The van der Waals surface area contributed by atoms with Crippen LogP contribution in [0.2, 0.25) is 0 Å². The molecule has 0 aliphatic carbocycles. The van der Waals surface area contributed by atoms with Crippen LogP contribution in [0.4, 0.5) is 0 Å². The molecular formula is C15H20O3S. The quantitative estimate of drug-likeness (QED) is 0.594. The standard InChI is InChI=1S/C15H20O3S/c1-5-8-19(16,17)9-6-7-18-15-13(3)10-12(2)11-14(15)4/h1,10-11H,6-9H2,2-4H3. The maximum absolute atomic E-state index is 11.4. The van der Waals surface area contributed by atoms with Gasteiger partial charge in [-0.3, -0.25) is 0 Å². The summed E-state index contributed by atoms with van der Waals surface area (Å²) in [5, 5.41) is 0. The van der Waals surface area contributed by atoms with Crippen molar-refractivity contribution in [2.45, 2.75) is 27.2 Å². The lowest BCUT2D eigenvalue weighted by atomic mass is 10.1. The topological polar surface area (TPSA) is 43.4 Å². The first-order valence-corrected chi connectivity index (χ1v) is 8.02. The summed E-state index contributed by atoms with van der Waals surface area (Å²) in [7, 11) is -3.13. The van der Waals surface area contributed by atoms with Gasteiger partial charge < -0.3 is 4.74 Å². The Morgan fingerprint density at radius 3 is 2.32 bits per heavy atom. The average molecular weight is 280 g/mol. The van der Waals surface area contributed by atoms with Crippen LogP contribution in [0.25, 0.3) is 0 Å². The molecule has 0 fully saturated rings. The molecule has 0 heterocycles. The third-order valence-corrected chi connectivity index (χ3v) is 4.27. The van der Waals surface area contributed by atoms with Crippen molar-refractivity contribution in [2.75, 3.05) is 18.1 Å². The first-order valence-electron chi connectivity index (χ1n) is 6.20. The van der Waals surface area contributed by atoms with Crippen molar-refractivity contribution in [3.05, 3.63) is 28.8 Å². The lowest BCUT2D eigenvalue weighted by molar-refractivity contribution is 0.313. The summed E-state index contributed by atoms with van der Waals surface area (Å²) in [6.45, 7) is 6.40. The average Bonchev–Trinajstić information content (AvgIpc) is 2.26. The number of rotatable bonds is 6. The van der Waals surface area contributed by atoms with Crippen LogP contribution in [0.3, 0.4) is 0 Å². The number of benzene rings is 1. The second-order valence-electron chi connectivity index (χ2n) is 4.73. The lowest BCUT2D eigenvalue weighted by Gasteiger charge is -2.13. The highest BCUT2D eigenvalue weighted by Gasteiger charge is 2.09. The maximum atomic E-state index is 11.4. The lowest BCUT2D eigenvalue weighted by Crippen LogP contribution is -2.13. The molecule has 0 aliphatic rings. The zero-order chi connectivity index (χ0) is 14.5. The Labute approximate surface area is 115 Å².